The van der Waals surface area contributed by atoms with Crippen molar-refractivity contribution in [2.75, 3.05) is 19.6 Å². The molecule has 1 unspecified atom stereocenters. The molecule has 1 aromatic heterocycles. The van der Waals surface area contributed by atoms with E-state index in [1.807, 2.05) is 36.0 Å². The average Bonchev–Trinajstić information content (AvgIpc) is 3.33. The lowest BCUT2D eigenvalue weighted by atomic mass is 9.99. The summed E-state index contributed by atoms with van der Waals surface area (Å²) in [6.45, 7) is 3.62. The molecule has 0 saturated carbocycles. The van der Waals surface area contributed by atoms with Crippen LogP contribution in [0.2, 0.25) is 0 Å². The molecule has 0 aliphatic rings. The number of rotatable bonds is 10. The number of guanidine groups is 1. The fourth-order valence-corrected chi connectivity index (χ4v) is 3.27. The maximum atomic E-state index is 13.1. The van der Waals surface area contributed by atoms with Gasteiger partial charge in [-0.25, -0.2) is 9.07 Å². The number of hydrogen-bond donors (Lipinski definition) is 3. The Kier molecular flexibility index (Phi) is 10.8. The minimum atomic E-state index is -0.467. The van der Waals surface area contributed by atoms with Gasteiger partial charge >= 0.3 is 0 Å². The zero-order valence-electron chi connectivity index (χ0n) is 18.6. The highest BCUT2D eigenvalue weighted by Gasteiger charge is 2.16. The molecule has 1 atom stereocenters. The number of aliphatic imine (C=N–C) groups is 1. The van der Waals surface area contributed by atoms with E-state index in [0.717, 1.165) is 17.7 Å². The molecule has 2 aromatic carbocycles. The third-order valence-corrected chi connectivity index (χ3v) is 5.02. The fraction of sp³-hybridized carbons (Fsp3) is 0.292. The van der Waals surface area contributed by atoms with Gasteiger partial charge in [-0.2, -0.15) is 5.10 Å². The maximum Gasteiger partial charge on any atom is 0.222 e. The third-order valence-electron chi connectivity index (χ3n) is 5.02. The predicted molar refractivity (Wildman–Crippen MR) is 139 cm³/mol. The summed E-state index contributed by atoms with van der Waals surface area (Å²) in [5, 5.41) is 10.7. The SMILES string of the molecule is CCNC(=NCC(Cc1ccc(F)cc1)C(N)=O)NCCc1ccc(-n2cccn2)cc1.I. The predicted octanol–water partition coefficient (Wildman–Crippen LogP) is 3.07. The molecule has 7 nitrogen and oxygen atoms in total. The lowest BCUT2D eigenvalue weighted by Crippen LogP contribution is -2.39. The van der Waals surface area contributed by atoms with Crippen molar-refractivity contribution >= 4 is 35.8 Å². The normalized spacial score (nSPS) is 12.0. The molecule has 3 aromatic rings. The summed E-state index contributed by atoms with van der Waals surface area (Å²) in [4.78, 5) is 16.4. The molecule has 0 spiro atoms. The van der Waals surface area contributed by atoms with Gasteiger partial charge in [-0.05, 0) is 61.2 Å². The summed E-state index contributed by atoms with van der Waals surface area (Å²) < 4.78 is 14.9. The molecule has 0 saturated heterocycles. The van der Waals surface area contributed by atoms with Gasteiger partial charge in [0.05, 0.1) is 18.2 Å². The summed E-state index contributed by atoms with van der Waals surface area (Å²) in [6, 6.07) is 16.2. The molecular formula is C24H30FIN6O. The first-order valence-corrected chi connectivity index (χ1v) is 10.7. The topological polar surface area (TPSA) is 97.3 Å². The summed E-state index contributed by atoms with van der Waals surface area (Å²) in [7, 11) is 0. The number of nitrogens with two attached hydrogens (primary N) is 1. The van der Waals surface area contributed by atoms with Crippen LogP contribution in [0.1, 0.15) is 18.1 Å². The number of aromatic nitrogens is 2. The number of hydrogen-bond acceptors (Lipinski definition) is 3. The highest BCUT2D eigenvalue weighted by atomic mass is 127. The first kappa shape index (κ1) is 26.3. The van der Waals surface area contributed by atoms with Crippen molar-refractivity contribution in [3.05, 3.63) is 83.9 Å². The van der Waals surface area contributed by atoms with E-state index in [2.05, 4.69) is 32.9 Å². The Morgan fingerprint density at radius 1 is 1.12 bits per heavy atom. The van der Waals surface area contributed by atoms with Crippen molar-refractivity contribution < 1.29 is 9.18 Å². The largest absolute Gasteiger partial charge is 0.369 e. The third kappa shape index (κ3) is 8.49. The van der Waals surface area contributed by atoms with Crippen LogP contribution in [0, 0.1) is 11.7 Å². The number of primary amides is 1. The van der Waals surface area contributed by atoms with Crippen LogP contribution < -0.4 is 16.4 Å². The van der Waals surface area contributed by atoms with Crippen LogP contribution in [0.15, 0.2) is 72.0 Å². The van der Waals surface area contributed by atoms with E-state index in [4.69, 9.17) is 5.73 Å². The molecule has 176 valence electrons. The minimum absolute atomic E-state index is 0. The summed E-state index contributed by atoms with van der Waals surface area (Å²) in [6.07, 6.45) is 4.90. The Balaban J connectivity index is 0.00000385. The van der Waals surface area contributed by atoms with Crippen molar-refractivity contribution in [1.29, 1.82) is 0 Å². The monoisotopic (exact) mass is 564 g/mol. The minimum Gasteiger partial charge on any atom is -0.369 e. The first-order chi connectivity index (χ1) is 15.5. The van der Waals surface area contributed by atoms with Gasteiger partial charge in [0, 0.05) is 25.5 Å². The van der Waals surface area contributed by atoms with Crippen LogP contribution >= 0.6 is 24.0 Å². The van der Waals surface area contributed by atoms with E-state index < -0.39 is 11.8 Å². The van der Waals surface area contributed by atoms with Gasteiger partial charge in [0.1, 0.15) is 5.82 Å². The number of nitrogens with zero attached hydrogens (tertiary/aromatic N) is 3. The zero-order chi connectivity index (χ0) is 22.8. The molecule has 0 bridgehead atoms. The number of carbonyl (C=O) groups is 1. The second-order valence-corrected chi connectivity index (χ2v) is 7.44. The molecule has 1 heterocycles. The van der Waals surface area contributed by atoms with Gasteiger partial charge < -0.3 is 16.4 Å². The highest BCUT2D eigenvalue weighted by molar-refractivity contribution is 14.0. The quantitative estimate of drug-likeness (QED) is 0.200. The first-order valence-electron chi connectivity index (χ1n) is 10.7. The van der Waals surface area contributed by atoms with Crippen LogP contribution in [0.4, 0.5) is 4.39 Å². The van der Waals surface area contributed by atoms with E-state index in [-0.39, 0.29) is 36.3 Å². The Morgan fingerprint density at radius 2 is 1.82 bits per heavy atom. The van der Waals surface area contributed by atoms with Crippen LogP contribution in [0.5, 0.6) is 0 Å². The number of amides is 1. The summed E-state index contributed by atoms with van der Waals surface area (Å²) >= 11 is 0. The Labute approximate surface area is 210 Å². The van der Waals surface area contributed by atoms with Crippen LogP contribution in [-0.2, 0) is 17.6 Å². The molecule has 3 rings (SSSR count). The van der Waals surface area contributed by atoms with Crippen molar-refractivity contribution in [3.63, 3.8) is 0 Å². The molecule has 33 heavy (non-hydrogen) atoms. The molecule has 1 amide bonds. The van der Waals surface area contributed by atoms with Gasteiger partial charge in [0.15, 0.2) is 5.96 Å². The van der Waals surface area contributed by atoms with Crippen molar-refractivity contribution in [1.82, 2.24) is 20.4 Å². The summed E-state index contributed by atoms with van der Waals surface area (Å²) in [5.41, 5.74) is 8.62. The van der Waals surface area contributed by atoms with E-state index in [9.17, 15) is 9.18 Å². The molecule has 4 N–H and O–H groups in total. The van der Waals surface area contributed by atoms with E-state index in [1.165, 1.54) is 17.7 Å². The molecular weight excluding hydrogens is 534 g/mol. The lowest BCUT2D eigenvalue weighted by molar-refractivity contribution is -0.121. The smallest absolute Gasteiger partial charge is 0.222 e. The number of benzene rings is 2. The van der Waals surface area contributed by atoms with Gasteiger partial charge in [-0.15, -0.1) is 24.0 Å². The Bertz CT molecular complexity index is 1010. The molecule has 0 fully saturated rings. The van der Waals surface area contributed by atoms with Gasteiger partial charge in [-0.1, -0.05) is 24.3 Å². The van der Waals surface area contributed by atoms with Gasteiger partial charge in [0.2, 0.25) is 5.91 Å². The van der Waals surface area contributed by atoms with E-state index in [1.54, 1.807) is 18.3 Å². The lowest BCUT2D eigenvalue weighted by Gasteiger charge is -2.15. The Hall–Kier alpha value is -2.95. The Morgan fingerprint density at radius 3 is 2.42 bits per heavy atom. The maximum absolute atomic E-state index is 13.1. The number of halogens is 2. The van der Waals surface area contributed by atoms with Crippen molar-refractivity contribution in [2.24, 2.45) is 16.6 Å². The van der Waals surface area contributed by atoms with Gasteiger partial charge in [0.25, 0.3) is 0 Å². The van der Waals surface area contributed by atoms with Crippen LogP contribution in [0.3, 0.4) is 0 Å². The van der Waals surface area contributed by atoms with Crippen LogP contribution in [0.25, 0.3) is 5.69 Å². The van der Waals surface area contributed by atoms with Crippen molar-refractivity contribution in [2.45, 2.75) is 19.8 Å². The van der Waals surface area contributed by atoms with Crippen molar-refractivity contribution in [3.8, 4) is 5.69 Å². The van der Waals surface area contributed by atoms with E-state index >= 15 is 0 Å². The standard InChI is InChI=1S/C24H29FN6O.HI/c1-2-27-24(29-17-20(23(26)32)16-19-4-8-21(25)9-5-19)28-14-12-18-6-10-22(11-7-18)31-15-3-13-30-31;/h3-11,13,15,20H,2,12,14,16-17H2,1H3,(H2,26,32)(H2,27,28,29);1H. The molecule has 0 radical (unpaired) electrons. The zero-order valence-corrected chi connectivity index (χ0v) is 20.9. The number of nitrogens with one attached hydrogen (secondary N) is 2. The van der Waals surface area contributed by atoms with E-state index in [0.29, 0.717) is 25.5 Å². The number of carbonyl (C=O) groups excluding carboxylic acids is 1. The highest BCUT2D eigenvalue weighted by Crippen LogP contribution is 2.11. The molecule has 0 aliphatic carbocycles. The second-order valence-electron chi connectivity index (χ2n) is 7.44. The second kappa shape index (κ2) is 13.6. The average molecular weight is 564 g/mol. The molecule has 0 aliphatic heterocycles. The summed E-state index contributed by atoms with van der Waals surface area (Å²) in [5.74, 6) is -0.569. The molecule has 9 heteroatoms. The fourth-order valence-electron chi connectivity index (χ4n) is 3.27. The van der Waals surface area contributed by atoms with Gasteiger partial charge in [-0.3, -0.25) is 9.79 Å². The van der Waals surface area contributed by atoms with Crippen LogP contribution in [-0.4, -0.2) is 41.3 Å².